The van der Waals surface area contributed by atoms with E-state index in [2.05, 4.69) is 27.7 Å². The van der Waals surface area contributed by atoms with Crippen molar-refractivity contribution >= 4 is 0 Å². The first kappa shape index (κ1) is 14.3. The third-order valence-electron chi connectivity index (χ3n) is 5.82. The van der Waals surface area contributed by atoms with Crippen molar-refractivity contribution in [3.63, 3.8) is 0 Å². The Morgan fingerprint density at radius 1 is 1.11 bits per heavy atom. The summed E-state index contributed by atoms with van der Waals surface area (Å²) in [4.78, 5) is 0. The second-order valence-electron chi connectivity index (χ2n) is 6.91. The Hall–Kier alpha value is -0.0800. The molecule has 0 aromatic carbocycles. The molecule has 1 saturated carbocycles. The van der Waals surface area contributed by atoms with Crippen molar-refractivity contribution in [3.8, 4) is 0 Å². The predicted octanol–water partition coefficient (Wildman–Crippen LogP) is 4.18. The lowest BCUT2D eigenvalue weighted by molar-refractivity contribution is -0.0529. The van der Waals surface area contributed by atoms with Crippen LogP contribution in [-0.2, 0) is 9.47 Å². The molecule has 5 unspecified atom stereocenters. The minimum absolute atomic E-state index is 0.0337. The van der Waals surface area contributed by atoms with E-state index in [0.29, 0.717) is 17.6 Å². The molecule has 1 saturated heterocycles. The summed E-state index contributed by atoms with van der Waals surface area (Å²) in [6, 6.07) is 0. The van der Waals surface area contributed by atoms with Crippen molar-refractivity contribution in [3.05, 3.63) is 0 Å². The molecule has 106 valence electrons. The van der Waals surface area contributed by atoms with E-state index in [0.717, 1.165) is 12.3 Å². The number of rotatable bonds is 6. The Kier molecular flexibility index (Phi) is 4.08. The summed E-state index contributed by atoms with van der Waals surface area (Å²) in [5.74, 6) is 0.812. The molecule has 0 aromatic rings. The molecule has 2 aliphatic rings. The van der Waals surface area contributed by atoms with Crippen molar-refractivity contribution in [2.24, 2.45) is 11.3 Å². The van der Waals surface area contributed by atoms with Gasteiger partial charge in [-0.15, -0.1) is 0 Å². The maximum absolute atomic E-state index is 5.78. The Morgan fingerprint density at radius 2 is 1.83 bits per heavy atom. The predicted molar refractivity (Wildman–Crippen MR) is 74.7 cm³/mol. The van der Waals surface area contributed by atoms with Crippen LogP contribution in [0, 0.1) is 11.3 Å². The average Bonchev–Trinajstić information content (AvgIpc) is 3.16. The molecule has 2 heteroatoms. The molecule has 0 N–H and O–H groups in total. The van der Waals surface area contributed by atoms with Gasteiger partial charge < -0.3 is 9.47 Å². The summed E-state index contributed by atoms with van der Waals surface area (Å²) in [6.45, 7) is 9.31. The van der Waals surface area contributed by atoms with Gasteiger partial charge in [-0.3, -0.25) is 0 Å². The smallest absolute Gasteiger partial charge is 0.0844 e. The van der Waals surface area contributed by atoms with Crippen molar-refractivity contribution < 1.29 is 9.47 Å². The summed E-state index contributed by atoms with van der Waals surface area (Å²) < 4.78 is 11.5. The highest BCUT2D eigenvalue weighted by molar-refractivity contribution is 4.98. The molecule has 18 heavy (non-hydrogen) atoms. The number of hydrogen-bond acceptors (Lipinski definition) is 2. The third kappa shape index (κ3) is 2.75. The van der Waals surface area contributed by atoms with Crippen molar-refractivity contribution in [2.45, 2.75) is 84.0 Å². The van der Waals surface area contributed by atoms with Crippen LogP contribution in [0.3, 0.4) is 0 Å². The second-order valence-corrected chi connectivity index (χ2v) is 6.91. The van der Waals surface area contributed by atoms with E-state index in [1.165, 1.54) is 32.1 Å². The Labute approximate surface area is 112 Å². The van der Waals surface area contributed by atoms with Gasteiger partial charge in [0.2, 0.25) is 0 Å². The van der Waals surface area contributed by atoms with E-state index in [1.807, 2.05) is 7.11 Å². The molecule has 0 radical (unpaired) electrons. The number of fused-ring (bicyclic) bond motifs is 1. The number of hydrogen-bond donors (Lipinski definition) is 0. The van der Waals surface area contributed by atoms with Crippen molar-refractivity contribution in [2.75, 3.05) is 7.11 Å². The molecule has 1 aliphatic heterocycles. The second kappa shape index (κ2) is 5.13. The first-order valence-electron chi connectivity index (χ1n) is 7.67. The van der Waals surface area contributed by atoms with Crippen LogP contribution < -0.4 is 0 Å². The number of ether oxygens (including phenoxy) is 2. The third-order valence-corrected chi connectivity index (χ3v) is 5.82. The monoisotopic (exact) mass is 254 g/mol. The fourth-order valence-electron chi connectivity index (χ4n) is 3.79. The van der Waals surface area contributed by atoms with Gasteiger partial charge in [0.25, 0.3) is 0 Å². The van der Waals surface area contributed by atoms with Crippen LogP contribution >= 0.6 is 0 Å². The van der Waals surface area contributed by atoms with Gasteiger partial charge in [-0.1, -0.05) is 27.2 Å². The van der Waals surface area contributed by atoms with Crippen LogP contribution in [-0.4, -0.2) is 24.9 Å². The van der Waals surface area contributed by atoms with Gasteiger partial charge in [0.1, 0.15) is 0 Å². The van der Waals surface area contributed by atoms with Gasteiger partial charge in [-0.25, -0.2) is 0 Å². The molecule has 2 nitrogen and oxygen atoms in total. The SMILES string of the molecule is CCC(C)(CC(C)(CC)C1CCC2OC2C1)OC. The first-order valence-corrected chi connectivity index (χ1v) is 7.67. The maximum atomic E-state index is 5.78. The van der Waals surface area contributed by atoms with Crippen LogP contribution in [0.5, 0.6) is 0 Å². The minimum Gasteiger partial charge on any atom is -0.379 e. The molecular formula is C16H30O2. The average molecular weight is 254 g/mol. The molecule has 5 atom stereocenters. The summed E-state index contributed by atoms with van der Waals surface area (Å²) in [5, 5.41) is 0. The van der Waals surface area contributed by atoms with Gasteiger partial charge in [-0.05, 0) is 50.4 Å². The minimum atomic E-state index is 0.0337. The van der Waals surface area contributed by atoms with E-state index in [4.69, 9.17) is 9.47 Å². The summed E-state index contributed by atoms with van der Waals surface area (Å²) in [7, 11) is 1.86. The van der Waals surface area contributed by atoms with E-state index in [9.17, 15) is 0 Å². The molecule has 2 fully saturated rings. The molecule has 0 amide bonds. The largest absolute Gasteiger partial charge is 0.379 e. The standard InChI is InChI=1S/C16H30O2/c1-6-15(3,11-16(4,7-2)17-5)12-8-9-13-14(10-12)18-13/h12-14H,6-11H2,1-5H3. The number of epoxide rings is 1. The fraction of sp³-hybridized carbons (Fsp3) is 1.00. The van der Waals surface area contributed by atoms with Crippen molar-refractivity contribution in [1.82, 2.24) is 0 Å². The molecule has 0 spiro atoms. The highest BCUT2D eigenvalue weighted by Crippen LogP contribution is 2.51. The highest BCUT2D eigenvalue weighted by Gasteiger charge is 2.49. The van der Waals surface area contributed by atoms with E-state index >= 15 is 0 Å². The topological polar surface area (TPSA) is 21.8 Å². The molecule has 1 heterocycles. The zero-order valence-electron chi connectivity index (χ0n) is 12.8. The fourth-order valence-corrected chi connectivity index (χ4v) is 3.79. The molecule has 1 aliphatic carbocycles. The van der Waals surface area contributed by atoms with Crippen LogP contribution in [0.15, 0.2) is 0 Å². The lowest BCUT2D eigenvalue weighted by atomic mass is 9.63. The summed E-state index contributed by atoms with van der Waals surface area (Å²) in [6.07, 6.45) is 8.61. The lowest BCUT2D eigenvalue weighted by Crippen LogP contribution is -2.40. The normalized spacial score (nSPS) is 37.5. The van der Waals surface area contributed by atoms with E-state index < -0.39 is 0 Å². The maximum Gasteiger partial charge on any atom is 0.0844 e. The highest BCUT2D eigenvalue weighted by atomic mass is 16.6. The van der Waals surface area contributed by atoms with Gasteiger partial charge in [0.05, 0.1) is 17.8 Å². The van der Waals surface area contributed by atoms with E-state index in [-0.39, 0.29) is 5.60 Å². The molecular weight excluding hydrogens is 224 g/mol. The van der Waals surface area contributed by atoms with Crippen LogP contribution in [0.4, 0.5) is 0 Å². The van der Waals surface area contributed by atoms with E-state index in [1.54, 1.807) is 0 Å². The van der Waals surface area contributed by atoms with Crippen LogP contribution in [0.1, 0.15) is 66.2 Å². The molecule has 0 bridgehead atoms. The van der Waals surface area contributed by atoms with Crippen molar-refractivity contribution in [1.29, 1.82) is 0 Å². The van der Waals surface area contributed by atoms with Gasteiger partial charge >= 0.3 is 0 Å². The summed E-state index contributed by atoms with van der Waals surface area (Å²) in [5.41, 5.74) is 0.434. The van der Waals surface area contributed by atoms with Crippen LogP contribution in [0.25, 0.3) is 0 Å². The first-order chi connectivity index (χ1) is 8.46. The Bertz CT molecular complexity index is 285. The summed E-state index contributed by atoms with van der Waals surface area (Å²) >= 11 is 0. The lowest BCUT2D eigenvalue weighted by Gasteiger charge is -2.44. The van der Waals surface area contributed by atoms with Gasteiger partial charge in [0, 0.05) is 7.11 Å². The zero-order chi connectivity index (χ0) is 13.4. The van der Waals surface area contributed by atoms with Gasteiger partial charge in [0.15, 0.2) is 0 Å². The zero-order valence-corrected chi connectivity index (χ0v) is 12.8. The number of methoxy groups -OCH3 is 1. The Balaban J connectivity index is 2.04. The van der Waals surface area contributed by atoms with Crippen LogP contribution in [0.2, 0.25) is 0 Å². The Morgan fingerprint density at radius 3 is 2.33 bits per heavy atom. The van der Waals surface area contributed by atoms with Gasteiger partial charge in [-0.2, -0.15) is 0 Å². The quantitative estimate of drug-likeness (QED) is 0.663. The molecule has 0 aromatic heterocycles. The molecule has 2 rings (SSSR count).